The quantitative estimate of drug-likeness (QED) is 0.727. The Labute approximate surface area is 133 Å². The summed E-state index contributed by atoms with van der Waals surface area (Å²) in [5.41, 5.74) is 2.63. The van der Waals surface area contributed by atoms with E-state index in [-0.39, 0.29) is 0 Å². The van der Waals surface area contributed by atoms with Gasteiger partial charge in [-0.1, -0.05) is 40.2 Å². The van der Waals surface area contributed by atoms with Crippen LogP contribution < -0.4 is 9.47 Å². The Morgan fingerprint density at radius 1 is 1.14 bits per heavy atom. The summed E-state index contributed by atoms with van der Waals surface area (Å²) in [6, 6.07) is 15.4. The molecule has 21 heavy (non-hydrogen) atoms. The Kier molecular flexibility index (Phi) is 5.65. The van der Waals surface area contributed by atoms with E-state index in [4.69, 9.17) is 14.7 Å². The number of rotatable bonds is 6. The number of para-hydroxylation sites is 1. The van der Waals surface area contributed by atoms with Crippen LogP contribution in [0.1, 0.15) is 23.6 Å². The van der Waals surface area contributed by atoms with E-state index < -0.39 is 0 Å². The zero-order chi connectivity index (χ0) is 15.1. The monoisotopic (exact) mass is 345 g/mol. The first-order chi connectivity index (χ1) is 10.3. The van der Waals surface area contributed by atoms with Gasteiger partial charge < -0.3 is 9.47 Å². The largest absolute Gasteiger partial charge is 0.490 e. The van der Waals surface area contributed by atoms with Crippen molar-refractivity contribution in [3.8, 4) is 17.6 Å². The fourth-order valence-corrected chi connectivity index (χ4v) is 2.43. The van der Waals surface area contributed by atoms with E-state index in [9.17, 15) is 0 Å². The maximum atomic E-state index is 8.93. The Hall–Kier alpha value is -1.99. The molecule has 2 aromatic rings. The SMILES string of the molecule is CCOc1cccc(CBr)c1OCc1cccc(C#N)c1. The molecule has 0 aliphatic heterocycles. The predicted octanol–water partition coefficient (Wildman–Crippen LogP) is 4.43. The summed E-state index contributed by atoms with van der Waals surface area (Å²) >= 11 is 3.46. The molecule has 0 saturated carbocycles. The van der Waals surface area contributed by atoms with Crippen molar-refractivity contribution in [1.29, 1.82) is 5.26 Å². The second kappa shape index (κ2) is 7.70. The molecule has 4 heteroatoms. The second-order valence-electron chi connectivity index (χ2n) is 4.41. The van der Waals surface area contributed by atoms with E-state index in [1.165, 1.54) is 0 Å². The summed E-state index contributed by atoms with van der Waals surface area (Å²) in [6.45, 7) is 2.94. The molecule has 0 bridgehead atoms. The van der Waals surface area contributed by atoms with Gasteiger partial charge in [-0.05, 0) is 30.7 Å². The van der Waals surface area contributed by atoms with E-state index in [2.05, 4.69) is 22.0 Å². The zero-order valence-electron chi connectivity index (χ0n) is 11.8. The second-order valence-corrected chi connectivity index (χ2v) is 4.97. The van der Waals surface area contributed by atoms with Crippen molar-refractivity contribution >= 4 is 15.9 Å². The van der Waals surface area contributed by atoms with Crippen molar-refractivity contribution in [3.05, 3.63) is 59.2 Å². The molecule has 2 aromatic carbocycles. The van der Waals surface area contributed by atoms with Gasteiger partial charge in [-0.15, -0.1) is 0 Å². The van der Waals surface area contributed by atoms with Gasteiger partial charge in [0.15, 0.2) is 11.5 Å². The van der Waals surface area contributed by atoms with Crippen molar-refractivity contribution in [1.82, 2.24) is 0 Å². The molecule has 0 heterocycles. The lowest BCUT2D eigenvalue weighted by Crippen LogP contribution is -2.02. The number of hydrogen-bond acceptors (Lipinski definition) is 3. The normalized spacial score (nSPS) is 9.95. The van der Waals surface area contributed by atoms with Crippen molar-refractivity contribution in [3.63, 3.8) is 0 Å². The van der Waals surface area contributed by atoms with Crippen molar-refractivity contribution in [2.45, 2.75) is 18.9 Å². The summed E-state index contributed by atoms with van der Waals surface area (Å²) in [7, 11) is 0. The highest BCUT2D eigenvalue weighted by Crippen LogP contribution is 2.33. The Morgan fingerprint density at radius 2 is 1.95 bits per heavy atom. The lowest BCUT2D eigenvalue weighted by Gasteiger charge is -2.15. The van der Waals surface area contributed by atoms with Crippen molar-refractivity contribution < 1.29 is 9.47 Å². The number of nitriles is 1. The lowest BCUT2D eigenvalue weighted by atomic mass is 10.1. The first-order valence-electron chi connectivity index (χ1n) is 6.71. The molecule has 0 aromatic heterocycles. The Balaban J connectivity index is 2.20. The van der Waals surface area contributed by atoms with Gasteiger partial charge in [-0.2, -0.15) is 5.26 Å². The van der Waals surface area contributed by atoms with E-state index in [1.807, 2.05) is 43.3 Å². The smallest absolute Gasteiger partial charge is 0.165 e. The maximum Gasteiger partial charge on any atom is 0.165 e. The Morgan fingerprint density at radius 3 is 2.67 bits per heavy atom. The third-order valence-corrected chi connectivity index (χ3v) is 3.55. The molecule has 0 aliphatic rings. The van der Waals surface area contributed by atoms with Gasteiger partial charge in [-0.25, -0.2) is 0 Å². The van der Waals surface area contributed by atoms with E-state index >= 15 is 0 Å². The van der Waals surface area contributed by atoms with Gasteiger partial charge in [0.1, 0.15) is 6.61 Å². The minimum absolute atomic E-state index is 0.402. The van der Waals surface area contributed by atoms with Crippen LogP contribution in [0, 0.1) is 11.3 Å². The van der Waals surface area contributed by atoms with Gasteiger partial charge in [0.25, 0.3) is 0 Å². The van der Waals surface area contributed by atoms with Gasteiger partial charge in [-0.3, -0.25) is 0 Å². The number of ether oxygens (including phenoxy) is 2. The van der Waals surface area contributed by atoms with Crippen LogP contribution in [0.5, 0.6) is 11.5 Å². The van der Waals surface area contributed by atoms with Crippen LogP contribution in [-0.2, 0) is 11.9 Å². The molecule has 0 spiro atoms. The summed E-state index contributed by atoms with van der Waals surface area (Å²) in [5.74, 6) is 1.49. The molecule has 0 atom stereocenters. The van der Waals surface area contributed by atoms with E-state index in [0.717, 1.165) is 22.6 Å². The fraction of sp³-hybridized carbons (Fsp3) is 0.235. The van der Waals surface area contributed by atoms with Crippen LogP contribution in [0.25, 0.3) is 0 Å². The van der Waals surface area contributed by atoms with E-state index in [0.29, 0.717) is 24.1 Å². The fourth-order valence-electron chi connectivity index (χ4n) is 1.99. The van der Waals surface area contributed by atoms with Gasteiger partial charge in [0.05, 0.1) is 18.2 Å². The van der Waals surface area contributed by atoms with Crippen LogP contribution in [0.15, 0.2) is 42.5 Å². The zero-order valence-corrected chi connectivity index (χ0v) is 13.4. The topological polar surface area (TPSA) is 42.2 Å². The summed E-state index contributed by atoms with van der Waals surface area (Å²) in [4.78, 5) is 0. The van der Waals surface area contributed by atoms with Crippen LogP contribution in [0.3, 0.4) is 0 Å². The lowest BCUT2D eigenvalue weighted by molar-refractivity contribution is 0.267. The molecular formula is C17H16BrNO2. The van der Waals surface area contributed by atoms with Crippen LogP contribution in [0.4, 0.5) is 0 Å². The summed E-state index contributed by atoms with van der Waals surface area (Å²) in [5, 5.41) is 9.62. The highest BCUT2D eigenvalue weighted by Gasteiger charge is 2.10. The number of benzene rings is 2. The third kappa shape index (κ3) is 3.99. The molecule has 0 amide bonds. The van der Waals surface area contributed by atoms with Crippen LogP contribution in [0.2, 0.25) is 0 Å². The molecule has 108 valence electrons. The number of nitrogens with zero attached hydrogens (tertiary/aromatic N) is 1. The minimum Gasteiger partial charge on any atom is -0.490 e. The number of alkyl halides is 1. The summed E-state index contributed by atoms with van der Waals surface area (Å²) in [6.07, 6.45) is 0. The minimum atomic E-state index is 0.402. The molecule has 2 rings (SSSR count). The van der Waals surface area contributed by atoms with Gasteiger partial charge in [0, 0.05) is 10.9 Å². The summed E-state index contributed by atoms with van der Waals surface area (Å²) < 4.78 is 11.5. The first-order valence-corrected chi connectivity index (χ1v) is 7.83. The van der Waals surface area contributed by atoms with Crippen LogP contribution >= 0.6 is 15.9 Å². The van der Waals surface area contributed by atoms with Crippen LogP contribution in [-0.4, -0.2) is 6.61 Å². The average molecular weight is 346 g/mol. The third-order valence-electron chi connectivity index (χ3n) is 2.94. The molecule has 0 aliphatic carbocycles. The molecule has 0 N–H and O–H groups in total. The van der Waals surface area contributed by atoms with Crippen molar-refractivity contribution in [2.24, 2.45) is 0 Å². The molecule has 0 saturated heterocycles. The van der Waals surface area contributed by atoms with E-state index in [1.54, 1.807) is 6.07 Å². The molecular weight excluding hydrogens is 330 g/mol. The van der Waals surface area contributed by atoms with Gasteiger partial charge >= 0.3 is 0 Å². The highest BCUT2D eigenvalue weighted by atomic mass is 79.9. The molecule has 0 fully saturated rings. The van der Waals surface area contributed by atoms with Crippen molar-refractivity contribution in [2.75, 3.05) is 6.61 Å². The molecule has 0 unspecified atom stereocenters. The number of hydrogen-bond donors (Lipinski definition) is 0. The maximum absolute atomic E-state index is 8.93. The average Bonchev–Trinajstić information content (AvgIpc) is 2.54. The number of halogens is 1. The first kappa shape index (κ1) is 15.4. The molecule has 0 radical (unpaired) electrons. The van der Waals surface area contributed by atoms with Gasteiger partial charge in [0.2, 0.25) is 0 Å². The Bertz CT molecular complexity index is 649. The predicted molar refractivity (Wildman–Crippen MR) is 85.7 cm³/mol. The molecule has 3 nitrogen and oxygen atoms in total. The standard InChI is InChI=1S/C17H16BrNO2/c1-2-20-16-8-4-7-15(10-18)17(16)21-12-14-6-3-5-13(9-14)11-19/h3-9H,2,10,12H2,1H3. The highest BCUT2D eigenvalue weighted by molar-refractivity contribution is 9.08.